The smallest absolute Gasteiger partial charge is 0.251 e. The molecule has 1 aliphatic heterocycles. The highest BCUT2D eigenvalue weighted by Gasteiger charge is 2.32. The Balaban J connectivity index is 1.25. The van der Waals surface area contributed by atoms with Crippen molar-refractivity contribution in [3.8, 4) is 11.5 Å². The summed E-state index contributed by atoms with van der Waals surface area (Å²) in [5.41, 5.74) is 2.17. The topological polar surface area (TPSA) is 76.7 Å². The molecule has 1 fully saturated rings. The molecule has 2 N–H and O–H groups in total. The van der Waals surface area contributed by atoms with E-state index in [-0.39, 0.29) is 23.3 Å². The van der Waals surface area contributed by atoms with Crippen molar-refractivity contribution in [2.75, 3.05) is 18.5 Å². The maximum absolute atomic E-state index is 12.3. The predicted octanol–water partition coefficient (Wildman–Crippen LogP) is 3.56. The zero-order valence-electron chi connectivity index (χ0n) is 16.8. The van der Waals surface area contributed by atoms with Crippen molar-refractivity contribution < 1.29 is 19.1 Å². The molecule has 0 spiro atoms. The van der Waals surface area contributed by atoms with Gasteiger partial charge in [0.15, 0.2) is 11.5 Å². The minimum atomic E-state index is -0.222. The zero-order valence-corrected chi connectivity index (χ0v) is 16.8. The Bertz CT molecular complexity index is 917. The second-order valence-electron chi connectivity index (χ2n) is 8.23. The molecule has 1 aliphatic carbocycles. The number of amides is 2. The van der Waals surface area contributed by atoms with E-state index in [1.807, 2.05) is 12.1 Å². The zero-order chi connectivity index (χ0) is 20.4. The summed E-state index contributed by atoms with van der Waals surface area (Å²) in [6.45, 7) is 4.84. The second-order valence-corrected chi connectivity index (χ2v) is 8.23. The van der Waals surface area contributed by atoms with Crippen LogP contribution in [0.3, 0.4) is 0 Å². The third-order valence-corrected chi connectivity index (χ3v) is 5.06. The molecule has 0 unspecified atom stereocenters. The number of rotatable bonds is 7. The van der Waals surface area contributed by atoms with Gasteiger partial charge in [-0.25, -0.2) is 0 Å². The molecule has 6 nitrogen and oxygen atoms in total. The van der Waals surface area contributed by atoms with Crippen molar-refractivity contribution in [3.63, 3.8) is 0 Å². The van der Waals surface area contributed by atoms with Gasteiger partial charge in [0.2, 0.25) is 5.91 Å². The molecule has 0 radical (unpaired) electrons. The van der Waals surface area contributed by atoms with Crippen LogP contribution in [0.4, 0.5) is 5.69 Å². The van der Waals surface area contributed by atoms with Gasteiger partial charge in [-0.2, -0.15) is 0 Å². The molecule has 2 aromatic rings. The van der Waals surface area contributed by atoms with Crippen LogP contribution < -0.4 is 20.1 Å². The number of benzene rings is 2. The van der Waals surface area contributed by atoms with Crippen LogP contribution in [0.25, 0.3) is 0 Å². The lowest BCUT2D eigenvalue weighted by Gasteiger charge is -2.18. The van der Waals surface area contributed by atoms with Crippen LogP contribution in [-0.4, -0.2) is 30.6 Å². The van der Waals surface area contributed by atoms with Crippen LogP contribution in [0.2, 0.25) is 0 Å². The van der Waals surface area contributed by atoms with Gasteiger partial charge in [0.05, 0.1) is 6.54 Å². The molecule has 29 heavy (non-hydrogen) atoms. The first kappa shape index (κ1) is 19.3. The summed E-state index contributed by atoms with van der Waals surface area (Å²) in [5, 5.41) is 5.71. The largest absolute Gasteiger partial charge is 0.488 e. The number of nitrogens with one attached hydrogen (secondary N) is 2. The quantitative estimate of drug-likeness (QED) is 0.704. The highest BCUT2D eigenvalue weighted by atomic mass is 16.5. The van der Waals surface area contributed by atoms with Gasteiger partial charge in [0.25, 0.3) is 5.91 Å². The van der Waals surface area contributed by atoms with Gasteiger partial charge >= 0.3 is 0 Å². The number of carbonyl (C=O) groups excluding carboxylic acids is 2. The molecule has 1 heterocycles. The van der Waals surface area contributed by atoms with Gasteiger partial charge < -0.3 is 20.1 Å². The summed E-state index contributed by atoms with van der Waals surface area (Å²) in [5.74, 6) is 1.54. The molecule has 1 saturated carbocycles. The van der Waals surface area contributed by atoms with E-state index in [2.05, 4.69) is 30.5 Å². The summed E-state index contributed by atoms with van der Waals surface area (Å²) in [6.07, 6.45) is 2.78. The Morgan fingerprint density at radius 3 is 2.62 bits per heavy atom. The molecular formula is C23H26N2O4. The average molecular weight is 394 g/mol. The Hall–Kier alpha value is -3.02. The van der Waals surface area contributed by atoms with Crippen molar-refractivity contribution in [1.82, 2.24) is 5.32 Å². The molecule has 2 aromatic carbocycles. The molecule has 0 atom stereocenters. The molecular weight excluding hydrogens is 368 g/mol. The fourth-order valence-electron chi connectivity index (χ4n) is 3.42. The first-order valence-electron chi connectivity index (χ1n) is 10.0. The molecule has 6 heteroatoms. The Labute approximate surface area is 170 Å². The van der Waals surface area contributed by atoms with Crippen LogP contribution in [0, 0.1) is 5.92 Å². The van der Waals surface area contributed by atoms with E-state index in [9.17, 15) is 9.59 Å². The molecule has 2 amide bonds. The predicted molar refractivity (Wildman–Crippen MR) is 110 cm³/mol. The van der Waals surface area contributed by atoms with Crippen LogP contribution in [-0.2, 0) is 11.2 Å². The summed E-state index contributed by atoms with van der Waals surface area (Å²) >= 11 is 0. The van der Waals surface area contributed by atoms with Crippen LogP contribution in [0.1, 0.15) is 42.6 Å². The Morgan fingerprint density at radius 2 is 1.90 bits per heavy atom. The van der Waals surface area contributed by atoms with E-state index in [0.29, 0.717) is 30.2 Å². The van der Waals surface area contributed by atoms with E-state index < -0.39 is 0 Å². The summed E-state index contributed by atoms with van der Waals surface area (Å²) in [7, 11) is 0. The van der Waals surface area contributed by atoms with Gasteiger partial charge in [0, 0.05) is 29.2 Å². The Kier molecular flexibility index (Phi) is 5.18. The standard InChI is InChI=1S/C23H26N2O4/c1-23(2)14-17-4-3-5-19(20(17)29-23)28-13-12-24-21(26)15-8-10-18(11-9-15)25-22(27)16-6-7-16/h3-5,8-11,16H,6-7,12-14H2,1-2H3,(H,24,26)(H,25,27). The fraction of sp³-hybridized carbons (Fsp3) is 0.391. The highest BCUT2D eigenvalue weighted by Crippen LogP contribution is 2.41. The van der Waals surface area contributed by atoms with E-state index in [4.69, 9.17) is 9.47 Å². The third-order valence-electron chi connectivity index (χ3n) is 5.06. The van der Waals surface area contributed by atoms with E-state index >= 15 is 0 Å². The lowest BCUT2D eigenvalue weighted by atomic mass is 10.0. The summed E-state index contributed by atoms with van der Waals surface area (Å²) < 4.78 is 11.8. The maximum atomic E-state index is 12.3. The van der Waals surface area contributed by atoms with Crippen LogP contribution in [0.15, 0.2) is 42.5 Å². The molecule has 2 aliphatic rings. The van der Waals surface area contributed by atoms with Crippen molar-refractivity contribution >= 4 is 17.5 Å². The third kappa shape index (κ3) is 4.70. The lowest BCUT2D eigenvalue weighted by molar-refractivity contribution is -0.117. The van der Waals surface area contributed by atoms with Gasteiger partial charge in [-0.05, 0) is 57.0 Å². The fourth-order valence-corrected chi connectivity index (χ4v) is 3.42. The van der Waals surface area contributed by atoms with Crippen molar-refractivity contribution in [2.24, 2.45) is 5.92 Å². The first-order chi connectivity index (χ1) is 13.9. The van der Waals surface area contributed by atoms with Gasteiger partial charge in [-0.3, -0.25) is 9.59 Å². The van der Waals surface area contributed by atoms with Crippen molar-refractivity contribution in [2.45, 2.75) is 38.7 Å². The number of para-hydroxylation sites is 1. The number of carbonyl (C=O) groups is 2. The summed E-state index contributed by atoms with van der Waals surface area (Å²) in [6, 6.07) is 12.8. The molecule has 0 aromatic heterocycles. The number of anilines is 1. The van der Waals surface area contributed by atoms with E-state index in [1.54, 1.807) is 24.3 Å². The SMILES string of the molecule is CC1(C)Cc2cccc(OCCNC(=O)c3ccc(NC(=O)C4CC4)cc3)c2O1. The van der Waals surface area contributed by atoms with Crippen molar-refractivity contribution in [1.29, 1.82) is 0 Å². The number of hydrogen-bond acceptors (Lipinski definition) is 4. The molecule has 0 saturated heterocycles. The minimum Gasteiger partial charge on any atom is -0.488 e. The number of ether oxygens (including phenoxy) is 2. The van der Waals surface area contributed by atoms with Crippen LogP contribution in [0.5, 0.6) is 11.5 Å². The Morgan fingerprint density at radius 1 is 1.14 bits per heavy atom. The second kappa shape index (κ2) is 7.78. The molecule has 4 rings (SSSR count). The molecule has 0 bridgehead atoms. The average Bonchev–Trinajstić information content (AvgIpc) is 3.48. The number of hydrogen-bond donors (Lipinski definition) is 2. The lowest BCUT2D eigenvalue weighted by Crippen LogP contribution is -2.28. The minimum absolute atomic E-state index is 0.0547. The summed E-state index contributed by atoms with van der Waals surface area (Å²) in [4.78, 5) is 24.1. The maximum Gasteiger partial charge on any atom is 0.251 e. The van der Waals surface area contributed by atoms with Crippen LogP contribution >= 0.6 is 0 Å². The van der Waals surface area contributed by atoms with Gasteiger partial charge in [-0.15, -0.1) is 0 Å². The van der Waals surface area contributed by atoms with Gasteiger partial charge in [-0.1, -0.05) is 12.1 Å². The molecule has 152 valence electrons. The normalized spacial score (nSPS) is 16.5. The van der Waals surface area contributed by atoms with E-state index in [0.717, 1.165) is 30.6 Å². The first-order valence-corrected chi connectivity index (χ1v) is 10.0. The number of fused-ring (bicyclic) bond motifs is 1. The monoisotopic (exact) mass is 394 g/mol. The van der Waals surface area contributed by atoms with E-state index in [1.165, 1.54) is 0 Å². The van der Waals surface area contributed by atoms with Crippen molar-refractivity contribution in [3.05, 3.63) is 53.6 Å². The van der Waals surface area contributed by atoms with Gasteiger partial charge in [0.1, 0.15) is 12.2 Å². The highest BCUT2D eigenvalue weighted by molar-refractivity contribution is 5.96.